The van der Waals surface area contributed by atoms with Crippen molar-refractivity contribution in [3.05, 3.63) is 24.2 Å². The predicted molar refractivity (Wildman–Crippen MR) is 115 cm³/mol. The minimum absolute atomic E-state index is 0.469. The molecule has 27 heavy (non-hydrogen) atoms. The third kappa shape index (κ3) is 16.9. The van der Waals surface area contributed by atoms with Gasteiger partial charge in [-0.1, -0.05) is 52.5 Å². The van der Waals surface area contributed by atoms with E-state index in [1.807, 2.05) is 6.92 Å². The van der Waals surface area contributed by atoms with Gasteiger partial charge in [-0.05, 0) is 51.0 Å². The van der Waals surface area contributed by atoms with E-state index in [0.29, 0.717) is 12.5 Å². The molecule has 0 amide bonds. The SMILES string of the molecule is C=C(CCCCCCCC)OCC(CC)C/C(=C\C)OCCCCCNO. The molecule has 0 rings (SSSR count). The molecular formula is C23H45NO3. The molecule has 0 aliphatic carbocycles. The number of hydrogen-bond donors (Lipinski definition) is 2. The van der Waals surface area contributed by atoms with Crippen molar-refractivity contribution < 1.29 is 14.7 Å². The van der Waals surface area contributed by atoms with Gasteiger partial charge in [0.1, 0.15) is 0 Å². The zero-order valence-electron chi connectivity index (χ0n) is 18.2. The van der Waals surface area contributed by atoms with Crippen LogP contribution in [0, 0.1) is 5.92 Å². The molecule has 0 aliphatic rings. The Kier molecular flexibility index (Phi) is 19.0. The Morgan fingerprint density at radius 1 is 1.00 bits per heavy atom. The largest absolute Gasteiger partial charge is 0.498 e. The number of allylic oxidation sites excluding steroid dienone is 3. The van der Waals surface area contributed by atoms with Gasteiger partial charge in [-0.25, -0.2) is 5.48 Å². The van der Waals surface area contributed by atoms with Crippen LogP contribution >= 0.6 is 0 Å². The monoisotopic (exact) mass is 383 g/mol. The summed E-state index contributed by atoms with van der Waals surface area (Å²) < 4.78 is 11.9. The van der Waals surface area contributed by atoms with E-state index in [0.717, 1.165) is 63.3 Å². The fourth-order valence-electron chi connectivity index (χ4n) is 2.96. The Balaban J connectivity index is 3.87. The van der Waals surface area contributed by atoms with Crippen LogP contribution < -0.4 is 5.48 Å². The number of hydrogen-bond acceptors (Lipinski definition) is 4. The quantitative estimate of drug-likeness (QED) is 0.139. The van der Waals surface area contributed by atoms with Crippen molar-refractivity contribution in [3.63, 3.8) is 0 Å². The third-order valence-corrected chi connectivity index (χ3v) is 4.94. The summed E-state index contributed by atoms with van der Waals surface area (Å²) in [5.41, 5.74) is 2.19. The zero-order chi connectivity index (χ0) is 20.2. The molecule has 0 fully saturated rings. The van der Waals surface area contributed by atoms with Crippen molar-refractivity contribution in [2.75, 3.05) is 19.8 Å². The number of unbranched alkanes of at least 4 members (excludes halogenated alkanes) is 7. The maximum atomic E-state index is 8.55. The highest BCUT2D eigenvalue weighted by Gasteiger charge is 2.11. The molecule has 0 spiro atoms. The van der Waals surface area contributed by atoms with E-state index >= 15 is 0 Å². The zero-order valence-corrected chi connectivity index (χ0v) is 18.2. The van der Waals surface area contributed by atoms with Crippen LogP contribution in [-0.4, -0.2) is 25.0 Å². The summed E-state index contributed by atoms with van der Waals surface area (Å²) in [4.78, 5) is 0. The van der Waals surface area contributed by atoms with Crippen LogP contribution in [0.2, 0.25) is 0 Å². The highest BCUT2D eigenvalue weighted by Crippen LogP contribution is 2.20. The lowest BCUT2D eigenvalue weighted by molar-refractivity contribution is 0.130. The topological polar surface area (TPSA) is 50.7 Å². The first kappa shape index (κ1) is 26.0. The Bertz CT molecular complexity index is 369. The Labute approximate surface area is 168 Å². The highest BCUT2D eigenvalue weighted by molar-refractivity contribution is 4.93. The predicted octanol–water partition coefficient (Wildman–Crippen LogP) is 6.75. The minimum Gasteiger partial charge on any atom is -0.498 e. The second kappa shape index (κ2) is 19.8. The maximum Gasteiger partial charge on any atom is 0.0921 e. The van der Waals surface area contributed by atoms with Gasteiger partial charge in [0.25, 0.3) is 0 Å². The van der Waals surface area contributed by atoms with Crippen molar-refractivity contribution in [1.29, 1.82) is 0 Å². The molecule has 0 heterocycles. The van der Waals surface area contributed by atoms with Crippen LogP contribution in [0.25, 0.3) is 0 Å². The number of rotatable bonds is 20. The van der Waals surface area contributed by atoms with E-state index in [4.69, 9.17) is 14.7 Å². The molecule has 1 unspecified atom stereocenters. The molecule has 0 saturated heterocycles. The second-order valence-corrected chi connectivity index (χ2v) is 7.42. The standard InChI is InChI=1S/C23H45NO3/c1-5-8-9-10-11-13-16-21(4)27-20-22(6-2)19-23(7-3)26-18-15-12-14-17-24-25/h7,22,24-25H,4-6,8-20H2,1-3H3/b23-7+. The molecule has 1 atom stereocenters. The summed E-state index contributed by atoms with van der Waals surface area (Å²) in [7, 11) is 0. The third-order valence-electron chi connectivity index (χ3n) is 4.94. The molecule has 4 nitrogen and oxygen atoms in total. The first-order valence-electron chi connectivity index (χ1n) is 11.1. The lowest BCUT2D eigenvalue weighted by atomic mass is 10.0. The van der Waals surface area contributed by atoms with Gasteiger partial charge in [-0.15, -0.1) is 0 Å². The molecule has 0 aromatic carbocycles. The average molecular weight is 384 g/mol. The summed E-state index contributed by atoms with van der Waals surface area (Å²) in [6.45, 7) is 12.7. The molecule has 0 aromatic rings. The second-order valence-electron chi connectivity index (χ2n) is 7.42. The maximum absolute atomic E-state index is 8.55. The van der Waals surface area contributed by atoms with Gasteiger partial charge in [-0.2, -0.15) is 0 Å². The van der Waals surface area contributed by atoms with E-state index in [1.54, 1.807) is 0 Å². The molecule has 160 valence electrons. The van der Waals surface area contributed by atoms with Gasteiger partial charge in [-0.3, -0.25) is 0 Å². The van der Waals surface area contributed by atoms with Crippen molar-refractivity contribution in [2.24, 2.45) is 5.92 Å². The van der Waals surface area contributed by atoms with Gasteiger partial charge in [0.2, 0.25) is 0 Å². The van der Waals surface area contributed by atoms with Crippen LogP contribution in [0.15, 0.2) is 24.2 Å². The Morgan fingerprint density at radius 2 is 1.70 bits per heavy atom. The summed E-state index contributed by atoms with van der Waals surface area (Å²) in [5, 5.41) is 8.55. The summed E-state index contributed by atoms with van der Waals surface area (Å²) in [6.07, 6.45) is 15.9. The average Bonchev–Trinajstić information content (AvgIpc) is 2.68. The van der Waals surface area contributed by atoms with Crippen molar-refractivity contribution in [1.82, 2.24) is 5.48 Å². The van der Waals surface area contributed by atoms with Crippen LogP contribution in [0.5, 0.6) is 0 Å². The smallest absolute Gasteiger partial charge is 0.0921 e. The molecule has 0 aliphatic heterocycles. The first-order chi connectivity index (χ1) is 13.2. The highest BCUT2D eigenvalue weighted by atomic mass is 16.5. The molecule has 0 radical (unpaired) electrons. The molecule has 0 bridgehead atoms. The Morgan fingerprint density at radius 3 is 2.37 bits per heavy atom. The van der Waals surface area contributed by atoms with Crippen molar-refractivity contribution in [3.8, 4) is 0 Å². The number of nitrogens with one attached hydrogen (secondary N) is 1. The van der Waals surface area contributed by atoms with E-state index in [1.165, 1.54) is 38.5 Å². The summed E-state index contributed by atoms with van der Waals surface area (Å²) in [6, 6.07) is 0. The van der Waals surface area contributed by atoms with Crippen molar-refractivity contribution >= 4 is 0 Å². The van der Waals surface area contributed by atoms with E-state index in [-0.39, 0.29) is 0 Å². The summed E-state index contributed by atoms with van der Waals surface area (Å²) >= 11 is 0. The van der Waals surface area contributed by atoms with Crippen molar-refractivity contribution in [2.45, 2.75) is 97.8 Å². The van der Waals surface area contributed by atoms with Crippen LogP contribution in [0.4, 0.5) is 0 Å². The van der Waals surface area contributed by atoms with E-state index < -0.39 is 0 Å². The van der Waals surface area contributed by atoms with Crippen LogP contribution in [0.3, 0.4) is 0 Å². The molecule has 0 saturated carbocycles. The van der Waals surface area contributed by atoms with Crippen LogP contribution in [0.1, 0.15) is 97.8 Å². The number of ether oxygens (including phenoxy) is 2. The van der Waals surface area contributed by atoms with Gasteiger partial charge in [0.05, 0.1) is 24.7 Å². The molecule has 4 heteroatoms. The van der Waals surface area contributed by atoms with Gasteiger partial charge >= 0.3 is 0 Å². The Hall–Kier alpha value is -1.00. The fourth-order valence-corrected chi connectivity index (χ4v) is 2.96. The van der Waals surface area contributed by atoms with Gasteiger partial charge in [0.15, 0.2) is 0 Å². The number of hydroxylamine groups is 1. The van der Waals surface area contributed by atoms with Gasteiger partial charge in [0, 0.05) is 19.4 Å². The van der Waals surface area contributed by atoms with E-state index in [9.17, 15) is 0 Å². The normalized spacial score (nSPS) is 12.8. The molecule has 2 N–H and O–H groups in total. The lowest BCUT2D eigenvalue weighted by Crippen LogP contribution is -2.11. The minimum atomic E-state index is 0.469. The first-order valence-corrected chi connectivity index (χ1v) is 11.1. The van der Waals surface area contributed by atoms with Gasteiger partial charge < -0.3 is 14.7 Å². The lowest BCUT2D eigenvalue weighted by Gasteiger charge is -2.19. The molecule has 0 aromatic heterocycles. The fraction of sp³-hybridized carbons (Fsp3) is 0.826. The van der Waals surface area contributed by atoms with Crippen LogP contribution in [-0.2, 0) is 9.47 Å². The van der Waals surface area contributed by atoms with E-state index in [2.05, 4.69) is 32.0 Å². The summed E-state index contributed by atoms with van der Waals surface area (Å²) in [5.74, 6) is 2.47. The molecular weight excluding hydrogens is 338 g/mol.